The maximum atomic E-state index is 11.7. The summed E-state index contributed by atoms with van der Waals surface area (Å²) >= 11 is 0. The smallest absolute Gasteiger partial charge is 0.225 e. The van der Waals surface area contributed by atoms with Crippen molar-refractivity contribution >= 4 is 39.8 Å². The van der Waals surface area contributed by atoms with Crippen LogP contribution in [0.1, 0.15) is 29.9 Å². The molecule has 0 atom stereocenters. The van der Waals surface area contributed by atoms with E-state index in [9.17, 15) is 8.42 Å². The van der Waals surface area contributed by atoms with Gasteiger partial charge in [0, 0.05) is 37.2 Å². The molecule has 1 aliphatic carbocycles. The van der Waals surface area contributed by atoms with Crippen molar-refractivity contribution in [2.24, 2.45) is 0 Å². The molecule has 9 nitrogen and oxygen atoms in total. The maximum Gasteiger partial charge on any atom is 0.225 e. The Labute approximate surface area is 198 Å². The zero-order chi connectivity index (χ0) is 22.1. The summed E-state index contributed by atoms with van der Waals surface area (Å²) in [4.78, 5) is 19.8. The molecule has 1 saturated carbocycles. The van der Waals surface area contributed by atoms with Crippen molar-refractivity contribution in [2.75, 3.05) is 34.8 Å². The highest BCUT2D eigenvalue weighted by atomic mass is 35.5. The van der Waals surface area contributed by atoms with Crippen LogP contribution in [0.15, 0.2) is 42.9 Å². The predicted molar refractivity (Wildman–Crippen MR) is 128 cm³/mol. The Hall–Kier alpha value is -3.29. The number of aromatic nitrogens is 4. The van der Waals surface area contributed by atoms with Gasteiger partial charge in [0.1, 0.15) is 11.6 Å². The van der Waals surface area contributed by atoms with Crippen molar-refractivity contribution < 1.29 is 8.42 Å². The fourth-order valence-electron chi connectivity index (χ4n) is 3.64. The van der Waals surface area contributed by atoms with Gasteiger partial charge in [0.15, 0.2) is 9.84 Å². The van der Waals surface area contributed by atoms with Crippen molar-refractivity contribution in [3.8, 4) is 17.3 Å². The third kappa shape index (κ3) is 5.38. The summed E-state index contributed by atoms with van der Waals surface area (Å²) in [5.41, 5.74) is 3.25. The first kappa shape index (κ1) is 22.9. The summed E-state index contributed by atoms with van der Waals surface area (Å²) in [5.74, 6) is 2.50. The van der Waals surface area contributed by atoms with Gasteiger partial charge in [0.05, 0.1) is 28.8 Å². The summed E-state index contributed by atoms with van der Waals surface area (Å²) in [6.07, 6.45) is 7.34. The number of pyridine rings is 2. The van der Waals surface area contributed by atoms with Gasteiger partial charge >= 0.3 is 0 Å². The molecular formula is C22H22ClN7O2S. The zero-order valence-electron chi connectivity index (χ0n) is 17.7. The summed E-state index contributed by atoms with van der Waals surface area (Å²) in [7, 11) is -2.95. The first-order valence-corrected chi connectivity index (χ1v) is 12.2. The number of halogens is 1. The van der Waals surface area contributed by atoms with Crippen LogP contribution in [0.3, 0.4) is 0 Å². The number of nitrogens with zero attached hydrogens (tertiary/aromatic N) is 6. The minimum Gasteiger partial charge on any atom is -0.339 e. The number of sulfone groups is 1. The highest BCUT2D eigenvalue weighted by Crippen LogP contribution is 2.42. The van der Waals surface area contributed by atoms with Crippen LogP contribution in [-0.2, 0) is 9.84 Å². The monoisotopic (exact) mass is 483 g/mol. The van der Waals surface area contributed by atoms with Crippen molar-refractivity contribution in [3.05, 3.63) is 54.0 Å². The lowest BCUT2D eigenvalue weighted by atomic mass is 10.1. The summed E-state index contributed by atoms with van der Waals surface area (Å²) in [6, 6.07) is 9.53. The quantitative estimate of drug-likeness (QED) is 0.582. The van der Waals surface area contributed by atoms with E-state index in [0.29, 0.717) is 42.2 Å². The van der Waals surface area contributed by atoms with Crippen LogP contribution in [0.5, 0.6) is 0 Å². The number of anilines is 3. The number of rotatable bonds is 5. The van der Waals surface area contributed by atoms with E-state index in [1.165, 1.54) is 5.56 Å². The van der Waals surface area contributed by atoms with Gasteiger partial charge in [-0.25, -0.2) is 28.4 Å². The Bertz CT molecular complexity index is 1290. The minimum atomic E-state index is -2.95. The molecule has 11 heteroatoms. The van der Waals surface area contributed by atoms with E-state index < -0.39 is 9.84 Å². The van der Waals surface area contributed by atoms with E-state index in [0.717, 1.165) is 24.1 Å². The second-order valence-corrected chi connectivity index (χ2v) is 10.3. The normalized spacial score (nSPS) is 17.0. The highest BCUT2D eigenvalue weighted by Gasteiger charge is 2.26. The van der Waals surface area contributed by atoms with Gasteiger partial charge in [0.25, 0.3) is 0 Å². The number of hydrogen-bond donors (Lipinski definition) is 1. The molecule has 2 fully saturated rings. The van der Waals surface area contributed by atoms with Gasteiger partial charge in [-0.1, -0.05) is 0 Å². The molecule has 0 spiro atoms. The van der Waals surface area contributed by atoms with Crippen LogP contribution in [0.25, 0.3) is 11.3 Å². The Morgan fingerprint density at radius 2 is 1.76 bits per heavy atom. The standard InChI is InChI=1S/C22H21N7O2S.ClH/c23-12-15-3-4-24-20(9-15)28-21-11-17(16-1-2-16)10-19(27-21)18-13-25-22(26-14-18)29-5-7-32(30,31)8-6-29;/h3-4,9-11,13-14,16H,1-2,5-8H2,(H,24,27,28);1H. The lowest BCUT2D eigenvalue weighted by Gasteiger charge is -2.26. The zero-order valence-corrected chi connectivity index (χ0v) is 19.3. The fourth-order valence-corrected chi connectivity index (χ4v) is 4.85. The SMILES string of the molecule is Cl.N#Cc1ccnc(Nc2cc(C3CC3)cc(-c3cnc(N4CCS(=O)(=O)CC4)nc3)n2)c1. The lowest BCUT2D eigenvalue weighted by Crippen LogP contribution is -2.41. The number of nitriles is 1. The maximum absolute atomic E-state index is 11.7. The summed E-state index contributed by atoms with van der Waals surface area (Å²) < 4.78 is 23.3. The van der Waals surface area contributed by atoms with Crippen molar-refractivity contribution in [1.29, 1.82) is 5.26 Å². The molecule has 2 aliphatic rings. The molecule has 0 amide bonds. The van der Waals surface area contributed by atoms with Gasteiger partial charge in [-0.05, 0) is 48.6 Å². The van der Waals surface area contributed by atoms with Crippen LogP contribution in [-0.4, -0.2) is 52.9 Å². The van der Waals surface area contributed by atoms with Gasteiger partial charge in [0.2, 0.25) is 5.95 Å². The van der Waals surface area contributed by atoms with Crippen LogP contribution in [0.2, 0.25) is 0 Å². The Kier molecular flexibility index (Phi) is 6.44. The molecule has 0 radical (unpaired) electrons. The molecule has 4 heterocycles. The molecule has 1 saturated heterocycles. The first-order valence-electron chi connectivity index (χ1n) is 10.4. The van der Waals surface area contributed by atoms with E-state index >= 15 is 0 Å². The molecular weight excluding hydrogens is 462 g/mol. The Balaban J connectivity index is 0.00000259. The largest absolute Gasteiger partial charge is 0.339 e. The predicted octanol–water partition coefficient (Wildman–Crippen LogP) is 3.08. The van der Waals surface area contributed by atoms with Crippen molar-refractivity contribution in [2.45, 2.75) is 18.8 Å². The Morgan fingerprint density at radius 1 is 1.03 bits per heavy atom. The van der Waals surface area contributed by atoms with E-state index in [2.05, 4.69) is 32.4 Å². The lowest BCUT2D eigenvalue weighted by molar-refractivity contribution is 0.585. The topological polar surface area (TPSA) is 125 Å². The van der Waals surface area contributed by atoms with Crippen LogP contribution >= 0.6 is 12.4 Å². The summed E-state index contributed by atoms with van der Waals surface area (Å²) in [6.45, 7) is 0.805. The van der Waals surface area contributed by atoms with E-state index in [1.54, 1.807) is 30.7 Å². The van der Waals surface area contributed by atoms with Crippen LogP contribution in [0, 0.1) is 11.3 Å². The van der Waals surface area contributed by atoms with Crippen LogP contribution < -0.4 is 10.2 Å². The second-order valence-electron chi connectivity index (χ2n) is 8.02. The third-order valence-corrected chi connectivity index (χ3v) is 7.21. The molecule has 0 bridgehead atoms. The second kappa shape index (κ2) is 9.29. The molecule has 0 unspecified atom stereocenters. The number of nitrogens with one attached hydrogen (secondary N) is 1. The summed E-state index contributed by atoms with van der Waals surface area (Å²) in [5, 5.41) is 12.3. The van der Waals surface area contributed by atoms with Gasteiger partial charge in [-0.3, -0.25) is 0 Å². The molecule has 1 N–H and O–H groups in total. The number of hydrogen-bond acceptors (Lipinski definition) is 9. The average Bonchev–Trinajstić information content (AvgIpc) is 3.65. The molecule has 33 heavy (non-hydrogen) atoms. The van der Waals surface area contributed by atoms with Gasteiger partial charge < -0.3 is 10.2 Å². The van der Waals surface area contributed by atoms with Gasteiger partial charge in [-0.2, -0.15) is 5.26 Å². The van der Waals surface area contributed by atoms with Gasteiger partial charge in [-0.15, -0.1) is 12.4 Å². The van der Waals surface area contributed by atoms with Crippen molar-refractivity contribution in [3.63, 3.8) is 0 Å². The molecule has 5 rings (SSSR count). The highest BCUT2D eigenvalue weighted by molar-refractivity contribution is 7.91. The molecule has 1 aliphatic heterocycles. The molecule has 3 aromatic rings. The molecule has 170 valence electrons. The fraction of sp³-hybridized carbons (Fsp3) is 0.318. The molecule has 0 aromatic carbocycles. The van der Waals surface area contributed by atoms with Crippen LogP contribution in [0.4, 0.5) is 17.6 Å². The minimum absolute atomic E-state index is 0. The average molecular weight is 484 g/mol. The van der Waals surface area contributed by atoms with Crippen molar-refractivity contribution in [1.82, 2.24) is 19.9 Å². The first-order chi connectivity index (χ1) is 15.5. The van der Waals surface area contributed by atoms with E-state index in [4.69, 9.17) is 10.2 Å². The van der Waals surface area contributed by atoms with E-state index in [1.807, 2.05) is 11.0 Å². The van der Waals surface area contributed by atoms with E-state index in [-0.39, 0.29) is 23.9 Å². The molecule has 3 aromatic heterocycles. The Morgan fingerprint density at radius 3 is 2.42 bits per heavy atom. The third-order valence-electron chi connectivity index (χ3n) is 5.60.